The van der Waals surface area contributed by atoms with Gasteiger partial charge >= 0.3 is 0 Å². The minimum Gasteiger partial charge on any atom is -0.565 e. The van der Waals surface area contributed by atoms with Crippen molar-refractivity contribution in [2.45, 2.75) is 13.0 Å². The second kappa shape index (κ2) is 8.97. The van der Waals surface area contributed by atoms with Crippen molar-refractivity contribution in [2.75, 3.05) is 13.1 Å². The topological polar surface area (TPSA) is 85.1 Å². The van der Waals surface area contributed by atoms with Crippen molar-refractivity contribution >= 4 is 11.5 Å². The molecule has 0 spiro atoms. The van der Waals surface area contributed by atoms with Crippen molar-refractivity contribution in [3.63, 3.8) is 0 Å². The van der Waals surface area contributed by atoms with Crippen molar-refractivity contribution < 1.29 is 13.6 Å². The molecule has 1 atom stereocenters. The van der Waals surface area contributed by atoms with E-state index in [1.165, 1.54) is 24.3 Å². The van der Waals surface area contributed by atoms with Gasteiger partial charge in [0.25, 0.3) is 5.91 Å². The monoisotopic (exact) mass is 421 g/mol. The molecule has 0 saturated carbocycles. The Hall–Kier alpha value is -3.72. The van der Waals surface area contributed by atoms with E-state index in [-0.39, 0.29) is 11.6 Å². The van der Waals surface area contributed by atoms with E-state index in [1.54, 1.807) is 29.5 Å². The highest BCUT2D eigenvalue weighted by molar-refractivity contribution is 6.00. The average Bonchev–Trinajstić information content (AvgIpc) is 3.23. The number of carbonyl (C=O) groups excluding carboxylic acids is 1. The van der Waals surface area contributed by atoms with Crippen molar-refractivity contribution in [2.24, 2.45) is 0 Å². The first-order chi connectivity index (χ1) is 15.0. The van der Waals surface area contributed by atoms with Gasteiger partial charge in [-0.2, -0.15) is 0 Å². The van der Waals surface area contributed by atoms with E-state index in [0.717, 1.165) is 11.8 Å². The van der Waals surface area contributed by atoms with Crippen LogP contribution in [0, 0.1) is 11.6 Å². The Kier molecular flexibility index (Phi) is 5.94. The molecular formula is C22H19F2N6O-. The van der Waals surface area contributed by atoms with Gasteiger partial charge in [-0.3, -0.25) is 9.78 Å². The summed E-state index contributed by atoms with van der Waals surface area (Å²) in [6, 6.07) is 8.25. The van der Waals surface area contributed by atoms with Gasteiger partial charge in [0.2, 0.25) is 0 Å². The average molecular weight is 421 g/mol. The highest BCUT2D eigenvalue weighted by Gasteiger charge is 2.18. The number of benzene rings is 1. The van der Waals surface area contributed by atoms with Crippen LogP contribution < -0.4 is 5.32 Å². The second-order valence-corrected chi connectivity index (χ2v) is 7.07. The number of halogens is 2. The summed E-state index contributed by atoms with van der Waals surface area (Å²) >= 11 is 0. The summed E-state index contributed by atoms with van der Waals surface area (Å²) in [4.78, 5) is 25.2. The van der Waals surface area contributed by atoms with Crippen molar-refractivity contribution in [1.29, 1.82) is 0 Å². The zero-order valence-electron chi connectivity index (χ0n) is 16.7. The number of amides is 1. The fourth-order valence-corrected chi connectivity index (χ4v) is 3.22. The smallest absolute Gasteiger partial charge is 0.252 e. The Labute approximate surface area is 177 Å². The Morgan fingerprint density at radius 3 is 2.68 bits per heavy atom. The number of nitrogens with one attached hydrogen (secondary N) is 1. The molecule has 0 bridgehead atoms. The number of hydrogen-bond donors (Lipinski definition) is 1. The van der Waals surface area contributed by atoms with E-state index in [9.17, 15) is 13.6 Å². The molecule has 7 nitrogen and oxygen atoms in total. The molecule has 0 unspecified atom stereocenters. The minimum absolute atomic E-state index is 0.156. The number of hydrogen-bond acceptors (Lipinski definition) is 5. The van der Waals surface area contributed by atoms with Gasteiger partial charge in [0, 0.05) is 30.5 Å². The molecule has 2 aromatic heterocycles. The van der Waals surface area contributed by atoms with E-state index in [1.807, 2.05) is 13.1 Å². The molecule has 0 saturated heterocycles. The molecule has 31 heavy (non-hydrogen) atoms. The van der Waals surface area contributed by atoms with Gasteiger partial charge in [-0.25, -0.2) is 18.7 Å². The maximum Gasteiger partial charge on any atom is 0.252 e. The molecule has 1 amide bonds. The lowest BCUT2D eigenvalue weighted by atomic mass is 10.1. The van der Waals surface area contributed by atoms with Crippen LogP contribution in [0.3, 0.4) is 0 Å². The molecule has 1 aliphatic rings. The largest absolute Gasteiger partial charge is 0.565 e. The highest BCUT2D eigenvalue weighted by atomic mass is 19.1. The van der Waals surface area contributed by atoms with Gasteiger partial charge in [-0.1, -0.05) is 0 Å². The number of nitrogens with zero attached hydrogens (tertiary/aromatic N) is 5. The summed E-state index contributed by atoms with van der Waals surface area (Å²) in [5.41, 5.74) is 6.50. The molecular weight excluding hydrogens is 402 g/mol. The lowest BCUT2D eigenvalue weighted by molar-refractivity contribution is 0.0936. The summed E-state index contributed by atoms with van der Waals surface area (Å²) in [6.45, 7) is 2.65. The van der Waals surface area contributed by atoms with E-state index >= 15 is 0 Å². The fourth-order valence-electron chi connectivity index (χ4n) is 3.22. The minimum atomic E-state index is -0.522. The third kappa shape index (κ3) is 4.89. The molecule has 0 radical (unpaired) electrons. The van der Waals surface area contributed by atoms with Crippen LogP contribution in [0.2, 0.25) is 0 Å². The van der Waals surface area contributed by atoms with Gasteiger partial charge < -0.3 is 15.8 Å². The van der Waals surface area contributed by atoms with Crippen molar-refractivity contribution in [1.82, 2.24) is 25.3 Å². The standard InChI is InChI=1S/C22H19F2N6O/c1-14(12-30-13-15(10-28-30)20-6-4-17(24)11-27-20)29-22(31)19-9-16(23)3-5-18(19)21-25-7-2-8-26-21/h2-9,11,13-14H,10,12H2,1H3,(H,29,31)/q-1/t14-/m0/s1. The summed E-state index contributed by atoms with van der Waals surface area (Å²) < 4.78 is 26.9. The Morgan fingerprint density at radius 1 is 1.16 bits per heavy atom. The van der Waals surface area contributed by atoms with Crippen molar-refractivity contribution in [3.05, 3.63) is 89.5 Å². The van der Waals surface area contributed by atoms with Gasteiger partial charge in [-0.15, -0.1) is 6.54 Å². The Balaban J connectivity index is 1.44. The lowest BCUT2D eigenvalue weighted by Crippen LogP contribution is -2.39. The quantitative estimate of drug-likeness (QED) is 0.658. The first kappa shape index (κ1) is 20.5. The molecule has 3 aromatic rings. The van der Waals surface area contributed by atoms with E-state index in [4.69, 9.17) is 0 Å². The van der Waals surface area contributed by atoms with Crippen LogP contribution in [0.15, 0.2) is 61.2 Å². The van der Waals surface area contributed by atoms with Gasteiger partial charge in [0.05, 0.1) is 17.5 Å². The van der Waals surface area contributed by atoms with Crippen LogP contribution in [-0.4, -0.2) is 45.0 Å². The molecule has 158 valence electrons. The molecule has 4 rings (SSSR count). The number of rotatable bonds is 6. The van der Waals surface area contributed by atoms with Crippen LogP contribution in [0.5, 0.6) is 0 Å². The van der Waals surface area contributed by atoms with Crippen LogP contribution in [-0.2, 0) is 0 Å². The maximum absolute atomic E-state index is 13.8. The van der Waals surface area contributed by atoms with E-state index in [2.05, 4.69) is 25.7 Å². The molecule has 3 heterocycles. The summed E-state index contributed by atoms with van der Waals surface area (Å²) in [6.07, 6.45) is 6.10. The third-order valence-electron chi connectivity index (χ3n) is 4.66. The number of carbonyl (C=O) groups is 1. The zero-order chi connectivity index (χ0) is 21.8. The van der Waals surface area contributed by atoms with Crippen LogP contribution in [0.1, 0.15) is 23.0 Å². The van der Waals surface area contributed by atoms with Gasteiger partial charge in [-0.05, 0) is 55.1 Å². The molecule has 0 fully saturated rings. The second-order valence-electron chi connectivity index (χ2n) is 7.07. The SMILES string of the molecule is C[C@@H](CN1C=C(c2ccc(F)cn2)C[N-]1)NC(=O)c1cc(F)ccc1-c1ncccn1. The highest BCUT2D eigenvalue weighted by Crippen LogP contribution is 2.24. The number of pyridine rings is 1. The van der Waals surface area contributed by atoms with E-state index in [0.29, 0.717) is 30.2 Å². The predicted molar refractivity (Wildman–Crippen MR) is 111 cm³/mol. The van der Waals surface area contributed by atoms with Gasteiger partial charge in [0.1, 0.15) is 11.6 Å². The number of aromatic nitrogens is 3. The van der Waals surface area contributed by atoms with Gasteiger partial charge in [0.15, 0.2) is 5.82 Å². The van der Waals surface area contributed by atoms with Crippen LogP contribution in [0.25, 0.3) is 22.4 Å². The van der Waals surface area contributed by atoms with E-state index < -0.39 is 17.5 Å². The first-order valence-corrected chi connectivity index (χ1v) is 9.64. The Bertz CT molecular complexity index is 1100. The third-order valence-corrected chi connectivity index (χ3v) is 4.66. The van der Waals surface area contributed by atoms with Crippen molar-refractivity contribution in [3.8, 4) is 11.4 Å². The Morgan fingerprint density at radius 2 is 1.94 bits per heavy atom. The van der Waals surface area contributed by atoms with Crippen LogP contribution >= 0.6 is 0 Å². The normalized spacial score (nSPS) is 14.3. The first-order valence-electron chi connectivity index (χ1n) is 9.64. The molecule has 9 heteroatoms. The fraction of sp³-hybridized carbons (Fsp3) is 0.182. The summed E-state index contributed by atoms with van der Waals surface area (Å²) in [5, 5.41) is 4.57. The zero-order valence-corrected chi connectivity index (χ0v) is 16.7. The predicted octanol–water partition coefficient (Wildman–Crippen LogP) is 3.58. The molecule has 0 aliphatic carbocycles. The molecule has 1 aliphatic heterocycles. The summed E-state index contributed by atoms with van der Waals surface area (Å²) in [7, 11) is 0. The summed E-state index contributed by atoms with van der Waals surface area (Å²) in [5.74, 6) is -1.01. The lowest BCUT2D eigenvalue weighted by Gasteiger charge is -2.33. The molecule has 1 aromatic carbocycles. The molecule has 1 N–H and O–H groups in total. The van der Waals surface area contributed by atoms with Crippen LogP contribution in [0.4, 0.5) is 8.78 Å². The maximum atomic E-state index is 13.8.